The molecule has 2 rings (SSSR count). The Morgan fingerprint density at radius 1 is 1.00 bits per heavy atom. The second kappa shape index (κ2) is 5.16. The quantitative estimate of drug-likeness (QED) is 0.785. The van der Waals surface area contributed by atoms with Crippen LogP contribution in [0.2, 0.25) is 0 Å². The zero-order chi connectivity index (χ0) is 11.2. The molecule has 0 spiro atoms. The molecule has 0 amide bonds. The van der Waals surface area contributed by atoms with Crippen LogP contribution in [-0.4, -0.2) is 12.1 Å². The number of para-hydroxylation sites is 2. The van der Waals surface area contributed by atoms with Crippen molar-refractivity contribution in [2.24, 2.45) is 0 Å². The van der Waals surface area contributed by atoms with Crippen LogP contribution in [0.1, 0.15) is 5.56 Å². The van der Waals surface area contributed by atoms with Gasteiger partial charge in [-0.15, -0.1) is 0 Å². The molecule has 3 heteroatoms. The van der Waals surface area contributed by atoms with E-state index in [0.717, 1.165) is 17.1 Å². The predicted octanol–water partition coefficient (Wildman–Crippen LogP) is 2.67. The number of benzene rings is 1. The fraction of sp³-hybridized carbons (Fsp3) is 0.154. The van der Waals surface area contributed by atoms with Crippen molar-refractivity contribution in [3.8, 4) is 11.5 Å². The summed E-state index contributed by atoms with van der Waals surface area (Å²) in [7, 11) is 1.63. The van der Waals surface area contributed by atoms with E-state index in [-0.39, 0.29) is 0 Å². The molecule has 2 aromatic rings. The van der Waals surface area contributed by atoms with Crippen LogP contribution in [0.5, 0.6) is 11.5 Å². The normalized spacial score (nSPS) is 9.81. The van der Waals surface area contributed by atoms with Crippen LogP contribution >= 0.6 is 0 Å². The Balaban J connectivity index is 2.05. The molecule has 0 unspecified atom stereocenters. The van der Waals surface area contributed by atoms with Crippen molar-refractivity contribution in [3.05, 3.63) is 54.4 Å². The van der Waals surface area contributed by atoms with Crippen molar-refractivity contribution in [3.63, 3.8) is 0 Å². The molecule has 1 aromatic carbocycles. The molecule has 0 aliphatic rings. The van der Waals surface area contributed by atoms with E-state index in [1.807, 2.05) is 36.4 Å². The van der Waals surface area contributed by atoms with E-state index >= 15 is 0 Å². The molecule has 0 aliphatic heterocycles. The van der Waals surface area contributed by atoms with Crippen LogP contribution in [0.3, 0.4) is 0 Å². The highest BCUT2D eigenvalue weighted by Crippen LogP contribution is 2.26. The topological polar surface area (TPSA) is 31.4 Å². The van der Waals surface area contributed by atoms with Crippen molar-refractivity contribution in [2.75, 3.05) is 7.11 Å². The average molecular weight is 215 g/mol. The average Bonchev–Trinajstić information content (AvgIpc) is 2.38. The molecule has 0 saturated carbocycles. The summed E-state index contributed by atoms with van der Waals surface area (Å²) >= 11 is 0. The number of aromatic nitrogens is 1. The lowest BCUT2D eigenvalue weighted by Crippen LogP contribution is -1.97. The molecule has 1 heterocycles. The summed E-state index contributed by atoms with van der Waals surface area (Å²) in [6.45, 7) is 0.517. The highest BCUT2D eigenvalue weighted by Gasteiger charge is 2.02. The van der Waals surface area contributed by atoms with Crippen LogP contribution in [0.15, 0.2) is 48.8 Å². The smallest absolute Gasteiger partial charge is 0.161 e. The fourth-order valence-corrected chi connectivity index (χ4v) is 1.38. The van der Waals surface area contributed by atoms with Crippen LogP contribution in [0, 0.1) is 0 Å². The first-order valence-electron chi connectivity index (χ1n) is 5.05. The lowest BCUT2D eigenvalue weighted by atomic mass is 10.3. The van der Waals surface area contributed by atoms with Gasteiger partial charge in [-0.05, 0) is 29.8 Å². The molecule has 0 bridgehead atoms. The van der Waals surface area contributed by atoms with E-state index in [2.05, 4.69) is 4.98 Å². The second-order valence-electron chi connectivity index (χ2n) is 3.29. The molecular formula is C13H13NO2. The van der Waals surface area contributed by atoms with Gasteiger partial charge in [0, 0.05) is 12.4 Å². The highest BCUT2D eigenvalue weighted by atomic mass is 16.5. The zero-order valence-electron chi connectivity index (χ0n) is 9.09. The fourth-order valence-electron chi connectivity index (χ4n) is 1.38. The van der Waals surface area contributed by atoms with Crippen molar-refractivity contribution in [2.45, 2.75) is 6.61 Å². The number of methoxy groups -OCH3 is 1. The number of rotatable bonds is 4. The first-order valence-corrected chi connectivity index (χ1v) is 5.05. The van der Waals surface area contributed by atoms with Gasteiger partial charge in [-0.1, -0.05) is 12.1 Å². The van der Waals surface area contributed by atoms with E-state index in [0.29, 0.717) is 6.61 Å². The van der Waals surface area contributed by atoms with E-state index in [1.165, 1.54) is 0 Å². The molecule has 16 heavy (non-hydrogen) atoms. The van der Waals surface area contributed by atoms with Gasteiger partial charge in [0.25, 0.3) is 0 Å². The molecule has 0 aliphatic carbocycles. The maximum Gasteiger partial charge on any atom is 0.161 e. The standard InChI is InChI=1S/C13H13NO2/c1-15-12-4-2-3-5-13(12)16-10-11-6-8-14-9-7-11/h2-9H,10H2,1H3. The Kier molecular flexibility index (Phi) is 3.38. The van der Waals surface area contributed by atoms with Crippen LogP contribution in [-0.2, 0) is 6.61 Å². The Labute approximate surface area is 94.7 Å². The van der Waals surface area contributed by atoms with Crippen molar-refractivity contribution >= 4 is 0 Å². The van der Waals surface area contributed by atoms with Crippen LogP contribution in [0.25, 0.3) is 0 Å². The van der Waals surface area contributed by atoms with Gasteiger partial charge >= 0.3 is 0 Å². The zero-order valence-corrected chi connectivity index (χ0v) is 9.09. The molecule has 0 atom stereocenters. The maximum absolute atomic E-state index is 5.66. The summed E-state index contributed by atoms with van der Waals surface area (Å²) < 4.78 is 10.9. The Hall–Kier alpha value is -2.03. The summed E-state index contributed by atoms with van der Waals surface area (Å²) in [6.07, 6.45) is 3.50. The lowest BCUT2D eigenvalue weighted by molar-refractivity contribution is 0.284. The molecule has 1 aromatic heterocycles. The summed E-state index contributed by atoms with van der Waals surface area (Å²) in [5, 5.41) is 0. The number of hydrogen-bond acceptors (Lipinski definition) is 3. The number of pyridine rings is 1. The third kappa shape index (κ3) is 2.51. The summed E-state index contributed by atoms with van der Waals surface area (Å²) in [5.74, 6) is 1.50. The maximum atomic E-state index is 5.66. The Morgan fingerprint density at radius 2 is 1.69 bits per heavy atom. The van der Waals surface area contributed by atoms with E-state index in [9.17, 15) is 0 Å². The van der Waals surface area contributed by atoms with Gasteiger partial charge in [0.1, 0.15) is 6.61 Å². The van der Waals surface area contributed by atoms with Gasteiger partial charge in [-0.25, -0.2) is 0 Å². The van der Waals surface area contributed by atoms with Gasteiger partial charge in [-0.2, -0.15) is 0 Å². The Morgan fingerprint density at radius 3 is 2.38 bits per heavy atom. The van der Waals surface area contributed by atoms with Crippen LogP contribution < -0.4 is 9.47 Å². The molecule has 0 N–H and O–H groups in total. The van der Waals surface area contributed by atoms with Crippen molar-refractivity contribution in [1.29, 1.82) is 0 Å². The minimum Gasteiger partial charge on any atom is -0.493 e. The van der Waals surface area contributed by atoms with Gasteiger partial charge in [-0.3, -0.25) is 4.98 Å². The third-order valence-corrected chi connectivity index (χ3v) is 2.21. The van der Waals surface area contributed by atoms with Gasteiger partial charge in [0.2, 0.25) is 0 Å². The highest BCUT2D eigenvalue weighted by molar-refractivity contribution is 5.39. The van der Waals surface area contributed by atoms with E-state index in [1.54, 1.807) is 19.5 Å². The van der Waals surface area contributed by atoms with Gasteiger partial charge < -0.3 is 9.47 Å². The van der Waals surface area contributed by atoms with Crippen molar-refractivity contribution in [1.82, 2.24) is 4.98 Å². The monoisotopic (exact) mass is 215 g/mol. The summed E-state index contributed by atoms with van der Waals surface area (Å²) in [6, 6.07) is 11.5. The van der Waals surface area contributed by atoms with E-state index < -0.39 is 0 Å². The summed E-state index contributed by atoms with van der Waals surface area (Å²) in [4.78, 5) is 3.95. The number of ether oxygens (including phenoxy) is 2. The molecular weight excluding hydrogens is 202 g/mol. The first-order chi connectivity index (χ1) is 7.90. The lowest BCUT2D eigenvalue weighted by Gasteiger charge is -2.09. The largest absolute Gasteiger partial charge is 0.493 e. The number of hydrogen-bond donors (Lipinski definition) is 0. The van der Waals surface area contributed by atoms with Crippen molar-refractivity contribution < 1.29 is 9.47 Å². The SMILES string of the molecule is COc1ccccc1OCc1ccncc1. The van der Waals surface area contributed by atoms with Gasteiger partial charge in [0.05, 0.1) is 7.11 Å². The molecule has 0 fully saturated rings. The number of nitrogens with zero attached hydrogens (tertiary/aromatic N) is 1. The summed E-state index contributed by atoms with van der Waals surface area (Å²) in [5.41, 5.74) is 1.08. The third-order valence-electron chi connectivity index (χ3n) is 2.21. The predicted molar refractivity (Wildman–Crippen MR) is 61.6 cm³/mol. The molecule has 0 saturated heterocycles. The minimum absolute atomic E-state index is 0.517. The van der Waals surface area contributed by atoms with Crippen LogP contribution in [0.4, 0.5) is 0 Å². The molecule has 0 radical (unpaired) electrons. The first kappa shape index (κ1) is 10.5. The van der Waals surface area contributed by atoms with E-state index in [4.69, 9.17) is 9.47 Å². The van der Waals surface area contributed by atoms with Gasteiger partial charge in [0.15, 0.2) is 11.5 Å². The molecule has 82 valence electrons. The Bertz CT molecular complexity index is 443. The minimum atomic E-state index is 0.517. The second-order valence-corrected chi connectivity index (χ2v) is 3.29. The molecule has 3 nitrogen and oxygen atoms in total.